The molecule has 3 rings (SSSR count). The van der Waals surface area contributed by atoms with Gasteiger partial charge in [-0.2, -0.15) is 0 Å². The first kappa shape index (κ1) is 16.7. The summed E-state index contributed by atoms with van der Waals surface area (Å²) < 4.78 is 10.9. The van der Waals surface area contributed by atoms with E-state index in [1.165, 1.54) is 0 Å². The summed E-state index contributed by atoms with van der Waals surface area (Å²) in [7, 11) is 0. The number of aromatic nitrogens is 2. The van der Waals surface area contributed by atoms with Gasteiger partial charge in [-0.25, -0.2) is 0 Å². The van der Waals surface area contributed by atoms with E-state index in [-0.39, 0.29) is 5.91 Å². The highest BCUT2D eigenvalue weighted by Crippen LogP contribution is 2.26. The Balaban J connectivity index is 1.80. The fourth-order valence-corrected chi connectivity index (χ4v) is 2.55. The summed E-state index contributed by atoms with van der Waals surface area (Å²) in [5.74, 6) is 0.967. The van der Waals surface area contributed by atoms with Crippen molar-refractivity contribution >= 4 is 5.91 Å². The second-order valence-electron chi connectivity index (χ2n) is 5.43. The van der Waals surface area contributed by atoms with Crippen molar-refractivity contribution in [2.24, 2.45) is 0 Å². The highest BCUT2D eigenvalue weighted by molar-refractivity contribution is 6.00. The summed E-state index contributed by atoms with van der Waals surface area (Å²) in [5, 5.41) is 6.85. The molecule has 0 aliphatic heterocycles. The molecule has 3 aromatic rings. The number of benzene rings is 1. The molecule has 1 N–H and O–H groups in total. The van der Waals surface area contributed by atoms with Crippen molar-refractivity contribution in [2.75, 3.05) is 6.61 Å². The second kappa shape index (κ2) is 7.61. The van der Waals surface area contributed by atoms with Crippen LogP contribution >= 0.6 is 0 Å². The monoisotopic (exact) mass is 337 g/mol. The molecule has 128 valence electrons. The van der Waals surface area contributed by atoms with Gasteiger partial charge < -0.3 is 14.6 Å². The summed E-state index contributed by atoms with van der Waals surface area (Å²) in [4.78, 5) is 16.7. The molecule has 0 fully saturated rings. The van der Waals surface area contributed by atoms with Crippen LogP contribution in [0, 0.1) is 6.92 Å². The molecule has 0 unspecified atom stereocenters. The average Bonchev–Trinajstić information content (AvgIpc) is 3.03. The van der Waals surface area contributed by atoms with Crippen molar-refractivity contribution in [1.29, 1.82) is 0 Å². The average molecular weight is 337 g/mol. The minimum absolute atomic E-state index is 0.239. The van der Waals surface area contributed by atoms with E-state index < -0.39 is 0 Å². The third-order valence-corrected chi connectivity index (χ3v) is 3.74. The number of aryl methyl sites for hydroxylation is 1. The number of carbonyl (C=O) groups excluding carboxylic acids is 1. The van der Waals surface area contributed by atoms with E-state index >= 15 is 0 Å². The summed E-state index contributed by atoms with van der Waals surface area (Å²) in [6.07, 6.45) is 3.29. The Morgan fingerprint density at radius 3 is 2.72 bits per heavy atom. The maximum absolute atomic E-state index is 12.7. The molecule has 25 heavy (non-hydrogen) atoms. The lowest BCUT2D eigenvalue weighted by Crippen LogP contribution is -2.24. The number of nitrogens with zero attached hydrogens (tertiary/aromatic N) is 2. The van der Waals surface area contributed by atoms with Crippen molar-refractivity contribution < 1.29 is 14.1 Å². The highest BCUT2D eigenvalue weighted by Gasteiger charge is 2.21. The number of nitrogens with one attached hydrogen (secondary N) is 1. The first-order valence-electron chi connectivity index (χ1n) is 8.06. The van der Waals surface area contributed by atoms with Crippen LogP contribution in [0.2, 0.25) is 0 Å². The van der Waals surface area contributed by atoms with E-state index in [9.17, 15) is 4.79 Å². The molecule has 0 saturated heterocycles. The van der Waals surface area contributed by atoms with Crippen molar-refractivity contribution in [3.05, 3.63) is 65.6 Å². The first-order chi connectivity index (χ1) is 12.2. The van der Waals surface area contributed by atoms with Crippen LogP contribution in [0.5, 0.6) is 5.75 Å². The molecule has 0 aliphatic carbocycles. The number of carbonyl (C=O) groups is 1. The smallest absolute Gasteiger partial charge is 0.257 e. The Bertz CT molecular complexity index is 859. The van der Waals surface area contributed by atoms with Crippen molar-refractivity contribution in [3.8, 4) is 17.1 Å². The third-order valence-electron chi connectivity index (χ3n) is 3.74. The van der Waals surface area contributed by atoms with Gasteiger partial charge in [0.1, 0.15) is 11.3 Å². The zero-order valence-electron chi connectivity index (χ0n) is 14.2. The standard InChI is InChI=1S/C19H19N3O3/c1-3-24-16-7-5-4-6-15(16)12-21-19(23)17-13(2)22-25-18(17)14-8-10-20-11-9-14/h4-11H,3,12H2,1-2H3,(H,21,23). The van der Waals surface area contributed by atoms with Gasteiger partial charge in [-0.3, -0.25) is 9.78 Å². The molecular formula is C19H19N3O3. The Morgan fingerprint density at radius 2 is 1.96 bits per heavy atom. The normalized spacial score (nSPS) is 10.5. The Kier molecular flexibility index (Phi) is 5.09. The molecule has 0 radical (unpaired) electrons. The zero-order valence-corrected chi connectivity index (χ0v) is 14.2. The topological polar surface area (TPSA) is 77.2 Å². The van der Waals surface area contributed by atoms with E-state index in [1.807, 2.05) is 31.2 Å². The number of amides is 1. The van der Waals surface area contributed by atoms with Crippen LogP contribution in [-0.2, 0) is 6.54 Å². The molecule has 0 aliphatic rings. The predicted molar refractivity (Wildman–Crippen MR) is 93.3 cm³/mol. The molecular weight excluding hydrogens is 318 g/mol. The Labute approximate surface area is 145 Å². The van der Waals surface area contributed by atoms with Crippen LogP contribution in [-0.4, -0.2) is 22.7 Å². The maximum Gasteiger partial charge on any atom is 0.257 e. The predicted octanol–water partition coefficient (Wildman–Crippen LogP) is 3.37. The lowest BCUT2D eigenvalue weighted by Gasteiger charge is -2.11. The van der Waals surface area contributed by atoms with Crippen LogP contribution < -0.4 is 10.1 Å². The molecule has 2 aromatic heterocycles. The van der Waals surface area contributed by atoms with Crippen molar-refractivity contribution in [3.63, 3.8) is 0 Å². The van der Waals surface area contributed by atoms with Gasteiger partial charge in [0.25, 0.3) is 5.91 Å². The van der Waals surface area contributed by atoms with Gasteiger partial charge in [-0.1, -0.05) is 23.4 Å². The minimum atomic E-state index is -0.239. The van der Waals surface area contributed by atoms with E-state index in [1.54, 1.807) is 31.5 Å². The van der Waals surface area contributed by atoms with E-state index in [4.69, 9.17) is 9.26 Å². The van der Waals surface area contributed by atoms with Gasteiger partial charge in [-0.15, -0.1) is 0 Å². The lowest BCUT2D eigenvalue weighted by molar-refractivity contribution is 0.0950. The van der Waals surface area contributed by atoms with E-state index in [0.29, 0.717) is 30.2 Å². The van der Waals surface area contributed by atoms with Crippen molar-refractivity contribution in [2.45, 2.75) is 20.4 Å². The quantitative estimate of drug-likeness (QED) is 0.746. The number of ether oxygens (including phenoxy) is 1. The molecule has 6 nitrogen and oxygen atoms in total. The fraction of sp³-hybridized carbons (Fsp3) is 0.211. The van der Waals surface area contributed by atoms with Gasteiger partial charge in [-0.05, 0) is 32.0 Å². The Hall–Kier alpha value is -3.15. The van der Waals surface area contributed by atoms with Gasteiger partial charge in [0.15, 0.2) is 5.76 Å². The number of para-hydroxylation sites is 1. The Morgan fingerprint density at radius 1 is 1.20 bits per heavy atom. The third kappa shape index (κ3) is 3.68. The van der Waals surface area contributed by atoms with Crippen LogP contribution in [0.4, 0.5) is 0 Å². The summed E-state index contributed by atoms with van der Waals surface area (Å²) in [6, 6.07) is 11.2. The first-order valence-corrected chi connectivity index (χ1v) is 8.06. The van der Waals surface area contributed by atoms with Crippen LogP contribution in [0.1, 0.15) is 28.5 Å². The number of hydrogen-bond acceptors (Lipinski definition) is 5. The van der Waals surface area contributed by atoms with Crippen LogP contribution in [0.25, 0.3) is 11.3 Å². The number of hydrogen-bond donors (Lipinski definition) is 1. The summed E-state index contributed by atoms with van der Waals surface area (Å²) >= 11 is 0. The highest BCUT2D eigenvalue weighted by atomic mass is 16.5. The van der Waals surface area contributed by atoms with Crippen molar-refractivity contribution in [1.82, 2.24) is 15.5 Å². The lowest BCUT2D eigenvalue weighted by atomic mass is 10.1. The van der Waals surface area contributed by atoms with E-state index in [2.05, 4.69) is 15.5 Å². The molecule has 0 bridgehead atoms. The van der Waals surface area contributed by atoms with Crippen LogP contribution in [0.3, 0.4) is 0 Å². The molecule has 0 spiro atoms. The molecule has 6 heteroatoms. The second-order valence-corrected chi connectivity index (χ2v) is 5.43. The molecule has 1 amide bonds. The largest absolute Gasteiger partial charge is 0.494 e. The van der Waals surface area contributed by atoms with Gasteiger partial charge in [0.2, 0.25) is 0 Å². The number of rotatable bonds is 6. The molecule has 2 heterocycles. The molecule has 0 saturated carbocycles. The van der Waals surface area contributed by atoms with Crippen LogP contribution in [0.15, 0.2) is 53.3 Å². The summed E-state index contributed by atoms with van der Waals surface area (Å²) in [5.41, 5.74) is 2.65. The SMILES string of the molecule is CCOc1ccccc1CNC(=O)c1c(C)noc1-c1ccncc1. The van der Waals surface area contributed by atoms with Gasteiger partial charge >= 0.3 is 0 Å². The van der Waals surface area contributed by atoms with Gasteiger partial charge in [0.05, 0.1) is 12.3 Å². The number of pyridine rings is 1. The minimum Gasteiger partial charge on any atom is -0.494 e. The zero-order chi connectivity index (χ0) is 17.6. The summed E-state index contributed by atoms with van der Waals surface area (Å²) in [6.45, 7) is 4.60. The molecule has 1 aromatic carbocycles. The van der Waals surface area contributed by atoms with Gasteiger partial charge in [0, 0.05) is 30.1 Å². The molecule has 0 atom stereocenters. The fourth-order valence-electron chi connectivity index (χ4n) is 2.55. The maximum atomic E-state index is 12.7. The van der Waals surface area contributed by atoms with E-state index in [0.717, 1.165) is 16.9 Å².